The van der Waals surface area contributed by atoms with E-state index in [0.717, 1.165) is 19.5 Å². The van der Waals surface area contributed by atoms with E-state index in [1.165, 1.54) is 25.8 Å². The molecule has 2 rings (SSSR count). The molecule has 19 heavy (non-hydrogen) atoms. The molecule has 0 aliphatic carbocycles. The highest BCUT2D eigenvalue weighted by molar-refractivity contribution is 5.81. The molecular weight excluding hydrogens is 240 g/mol. The van der Waals surface area contributed by atoms with Gasteiger partial charge >= 0.3 is 0 Å². The van der Waals surface area contributed by atoms with Gasteiger partial charge in [-0.25, -0.2) is 0 Å². The van der Waals surface area contributed by atoms with E-state index in [2.05, 4.69) is 16.7 Å². The number of ether oxygens (including phenoxy) is 1. The van der Waals surface area contributed by atoms with Gasteiger partial charge in [0.15, 0.2) is 0 Å². The molecule has 0 spiro atoms. The Hall–Kier alpha value is -0.610. The summed E-state index contributed by atoms with van der Waals surface area (Å²) in [5, 5.41) is 0. The lowest BCUT2D eigenvalue weighted by Gasteiger charge is -2.48. The molecule has 0 aromatic rings. The lowest BCUT2D eigenvalue weighted by Crippen LogP contribution is -2.61. The number of piperazine rings is 1. The highest BCUT2D eigenvalue weighted by Gasteiger charge is 2.37. The van der Waals surface area contributed by atoms with E-state index >= 15 is 0 Å². The number of amides is 1. The fourth-order valence-corrected chi connectivity index (χ4v) is 3.41. The molecule has 0 radical (unpaired) electrons. The van der Waals surface area contributed by atoms with Crippen LogP contribution in [0.15, 0.2) is 0 Å². The summed E-state index contributed by atoms with van der Waals surface area (Å²) in [5.74, 6) is 0.196. The minimum Gasteiger partial charge on any atom is -0.369 e. The van der Waals surface area contributed by atoms with Gasteiger partial charge in [-0.2, -0.15) is 0 Å². The number of nitrogens with zero attached hydrogens (tertiary/aromatic N) is 2. The van der Waals surface area contributed by atoms with E-state index in [-0.39, 0.29) is 12.0 Å². The third kappa shape index (κ3) is 3.29. The van der Waals surface area contributed by atoms with Gasteiger partial charge in [0, 0.05) is 31.8 Å². The summed E-state index contributed by atoms with van der Waals surface area (Å²) in [6.07, 6.45) is 4.38. The van der Waals surface area contributed by atoms with Gasteiger partial charge < -0.3 is 9.64 Å². The maximum Gasteiger partial charge on any atom is 0.252 e. The predicted octanol–water partition coefficient (Wildman–Crippen LogP) is 1.89. The molecule has 0 unspecified atom stereocenters. The average molecular weight is 268 g/mol. The van der Waals surface area contributed by atoms with Gasteiger partial charge in [-0.3, -0.25) is 9.69 Å². The van der Waals surface area contributed by atoms with E-state index in [1.54, 1.807) is 0 Å². The maximum absolute atomic E-state index is 12.6. The summed E-state index contributed by atoms with van der Waals surface area (Å²) in [6.45, 7) is 9.89. The minimum atomic E-state index is -0.248. The van der Waals surface area contributed by atoms with Gasteiger partial charge in [-0.15, -0.1) is 0 Å². The molecule has 4 heteroatoms. The standard InChI is InChI=1S/C15H28N2O2/c1-4-14(19-5-2)15(18)17-11-13-8-6-7-9-16(13)10-12(17)3/h12-14H,4-11H2,1-3H3/t12-,13+,14+/m0/s1. The zero-order chi connectivity index (χ0) is 13.8. The molecule has 2 heterocycles. The van der Waals surface area contributed by atoms with Gasteiger partial charge in [0.25, 0.3) is 5.91 Å². The SMILES string of the molecule is CCO[C@H](CC)C(=O)N1C[C@H]2CCCCN2C[C@@H]1C. The normalized spacial score (nSPS) is 29.9. The summed E-state index contributed by atoms with van der Waals surface area (Å²) >= 11 is 0. The molecule has 0 N–H and O–H groups in total. The van der Waals surface area contributed by atoms with E-state index in [9.17, 15) is 4.79 Å². The number of fused-ring (bicyclic) bond motifs is 1. The second-order valence-electron chi connectivity index (χ2n) is 5.84. The lowest BCUT2D eigenvalue weighted by molar-refractivity contribution is -0.150. The quantitative estimate of drug-likeness (QED) is 0.780. The Kier molecular flexibility index (Phi) is 5.22. The van der Waals surface area contributed by atoms with Crippen molar-refractivity contribution in [1.82, 2.24) is 9.80 Å². The van der Waals surface area contributed by atoms with Gasteiger partial charge in [-0.05, 0) is 39.7 Å². The summed E-state index contributed by atoms with van der Waals surface area (Å²) < 4.78 is 5.59. The predicted molar refractivity (Wildman–Crippen MR) is 76.1 cm³/mol. The van der Waals surface area contributed by atoms with Crippen LogP contribution in [0.4, 0.5) is 0 Å². The van der Waals surface area contributed by atoms with Crippen LogP contribution in [-0.4, -0.2) is 60.1 Å². The van der Waals surface area contributed by atoms with Crippen LogP contribution in [0.3, 0.4) is 0 Å². The van der Waals surface area contributed by atoms with Crippen LogP contribution in [0, 0.1) is 0 Å². The van der Waals surface area contributed by atoms with E-state index in [4.69, 9.17) is 4.74 Å². The molecule has 0 saturated carbocycles. The first-order chi connectivity index (χ1) is 9.17. The topological polar surface area (TPSA) is 32.8 Å². The van der Waals surface area contributed by atoms with Crippen LogP contribution in [-0.2, 0) is 9.53 Å². The summed E-state index contributed by atoms with van der Waals surface area (Å²) in [5.41, 5.74) is 0. The van der Waals surface area contributed by atoms with Gasteiger partial charge in [0.1, 0.15) is 6.10 Å². The number of rotatable bonds is 4. The second kappa shape index (κ2) is 6.71. The molecule has 3 atom stereocenters. The zero-order valence-corrected chi connectivity index (χ0v) is 12.6. The molecule has 4 nitrogen and oxygen atoms in total. The van der Waals surface area contributed by atoms with Crippen molar-refractivity contribution in [3.8, 4) is 0 Å². The fourth-order valence-electron chi connectivity index (χ4n) is 3.41. The summed E-state index contributed by atoms with van der Waals surface area (Å²) in [4.78, 5) is 17.2. The average Bonchev–Trinajstić information content (AvgIpc) is 2.43. The highest BCUT2D eigenvalue weighted by atomic mass is 16.5. The Morgan fingerprint density at radius 2 is 2.11 bits per heavy atom. The van der Waals surface area contributed by atoms with Crippen molar-refractivity contribution < 1.29 is 9.53 Å². The molecule has 0 aromatic carbocycles. The van der Waals surface area contributed by atoms with E-state index < -0.39 is 0 Å². The van der Waals surface area contributed by atoms with E-state index in [0.29, 0.717) is 18.7 Å². The minimum absolute atomic E-state index is 0.196. The number of carbonyl (C=O) groups excluding carboxylic acids is 1. The molecule has 0 aromatic heterocycles. The number of piperidine rings is 1. The second-order valence-corrected chi connectivity index (χ2v) is 5.84. The van der Waals surface area contributed by atoms with Crippen LogP contribution in [0.2, 0.25) is 0 Å². The Labute approximate surface area is 117 Å². The van der Waals surface area contributed by atoms with Crippen molar-refractivity contribution in [2.75, 3.05) is 26.2 Å². The molecule has 0 bridgehead atoms. The molecule has 1 amide bonds. The molecular formula is C15H28N2O2. The van der Waals surface area contributed by atoms with Crippen molar-refractivity contribution in [3.05, 3.63) is 0 Å². The number of hydrogen-bond acceptors (Lipinski definition) is 3. The van der Waals surface area contributed by atoms with E-state index in [1.807, 2.05) is 13.8 Å². The summed E-state index contributed by atoms with van der Waals surface area (Å²) in [6, 6.07) is 0.893. The Morgan fingerprint density at radius 3 is 2.79 bits per heavy atom. The first-order valence-electron chi connectivity index (χ1n) is 7.83. The monoisotopic (exact) mass is 268 g/mol. The Balaban J connectivity index is 2.00. The van der Waals surface area contributed by atoms with Crippen LogP contribution in [0.5, 0.6) is 0 Å². The van der Waals surface area contributed by atoms with Crippen LogP contribution < -0.4 is 0 Å². The van der Waals surface area contributed by atoms with Crippen LogP contribution >= 0.6 is 0 Å². The molecule has 2 fully saturated rings. The fraction of sp³-hybridized carbons (Fsp3) is 0.933. The maximum atomic E-state index is 12.6. The molecule has 2 saturated heterocycles. The van der Waals surface area contributed by atoms with Crippen LogP contribution in [0.25, 0.3) is 0 Å². The van der Waals surface area contributed by atoms with Gasteiger partial charge in [0.2, 0.25) is 0 Å². The Morgan fingerprint density at radius 1 is 1.32 bits per heavy atom. The van der Waals surface area contributed by atoms with Crippen molar-refractivity contribution in [1.29, 1.82) is 0 Å². The molecule has 2 aliphatic heterocycles. The lowest BCUT2D eigenvalue weighted by atomic mass is 9.96. The summed E-state index contributed by atoms with van der Waals surface area (Å²) in [7, 11) is 0. The van der Waals surface area contributed by atoms with Crippen molar-refractivity contribution >= 4 is 5.91 Å². The highest BCUT2D eigenvalue weighted by Crippen LogP contribution is 2.25. The number of carbonyl (C=O) groups is 1. The Bertz CT molecular complexity index is 309. The first-order valence-corrected chi connectivity index (χ1v) is 7.83. The number of hydrogen-bond donors (Lipinski definition) is 0. The smallest absolute Gasteiger partial charge is 0.252 e. The first kappa shape index (κ1) is 14.8. The van der Waals surface area contributed by atoms with Crippen molar-refractivity contribution in [3.63, 3.8) is 0 Å². The zero-order valence-electron chi connectivity index (χ0n) is 12.6. The largest absolute Gasteiger partial charge is 0.369 e. The van der Waals surface area contributed by atoms with Gasteiger partial charge in [0.05, 0.1) is 0 Å². The molecule has 2 aliphatic rings. The van der Waals surface area contributed by atoms with Gasteiger partial charge in [-0.1, -0.05) is 13.3 Å². The molecule has 110 valence electrons. The third-order valence-corrected chi connectivity index (χ3v) is 4.48. The van der Waals surface area contributed by atoms with Crippen molar-refractivity contribution in [2.24, 2.45) is 0 Å². The van der Waals surface area contributed by atoms with Crippen molar-refractivity contribution in [2.45, 2.75) is 64.6 Å². The van der Waals surface area contributed by atoms with Crippen LogP contribution in [0.1, 0.15) is 46.5 Å². The third-order valence-electron chi connectivity index (χ3n) is 4.48.